The minimum atomic E-state index is -0.137. The first-order valence-electron chi connectivity index (χ1n) is 7.14. The van der Waals surface area contributed by atoms with Crippen molar-refractivity contribution in [2.75, 3.05) is 0 Å². The zero-order valence-electron chi connectivity index (χ0n) is 12.1. The molecule has 112 valence electrons. The third-order valence-corrected chi connectivity index (χ3v) is 4.22. The van der Waals surface area contributed by atoms with Gasteiger partial charge in [-0.15, -0.1) is 0 Å². The van der Waals surface area contributed by atoms with E-state index in [4.69, 9.17) is 0 Å². The standard InChI is InChI=1S/C18H12BrN3O/c19-14-8-6-13(7-9-14)16-12-21-10-11-22(18(23)17(21)20-16)15-4-2-1-3-5-15/h1-12H. The van der Waals surface area contributed by atoms with E-state index in [1.54, 1.807) is 15.2 Å². The molecule has 0 unspecified atom stereocenters. The van der Waals surface area contributed by atoms with Crippen LogP contribution in [0.1, 0.15) is 0 Å². The van der Waals surface area contributed by atoms with E-state index in [1.165, 1.54) is 0 Å². The normalized spacial score (nSPS) is 11.0. The molecule has 0 atom stereocenters. The highest BCUT2D eigenvalue weighted by Crippen LogP contribution is 2.20. The SMILES string of the molecule is O=c1c2nc(-c3ccc(Br)cc3)cn2ccn1-c1ccccc1. The van der Waals surface area contributed by atoms with Gasteiger partial charge >= 0.3 is 0 Å². The first-order chi connectivity index (χ1) is 11.2. The molecule has 2 heterocycles. The van der Waals surface area contributed by atoms with E-state index < -0.39 is 0 Å². The first-order valence-corrected chi connectivity index (χ1v) is 7.93. The molecule has 5 heteroatoms. The molecule has 0 N–H and O–H groups in total. The molecule has 4 aromatic rings. The van der Waals surface area contributed by atoms with Crippen LogP contribution >= 0.6 is 15.9 Å². The van der Waals surface area contributed by atoms with Crippen molar-refractivity contribution in [3.05, 3.63) is 88.0 Å². The number of aromatic nitrogens is 3. The van der Waals surface area contributed by atoms with Gasteiger partial charge in [-0.3, -0.25) is 9.36 Å². The number of benzene rings is 2. The summed E-state index contributed by atoms with van der Waals surface area (Å²) in [6.45, 7) is 0. The number of fused-ring (bicyclic) bond motifs is 1. The maximum atomic E-state index is 12.7. The van der Waals surface area contributed by atoms with Gasteiger partial charge in [-0.2, -0.15) is 0 Å². The second kappa shape index (κ2) is 5.52. The van der Waals surface area contributed by atoms with E-state index in [0.717, 1.165) is 21.4 Å². The summed E-state index contributed by atoms with van der Waals surface area (Å²) in [5.74, 6) is 0. The largest absolute Gasteiger partial charge is 0.300 e. The van der Waals surface area contributed by atoms with E-state index in [1.807, 2.05) is 67.0 Å². The van der Waals surface area contributed by atoms with Gasteiger partial charge in [0.15, 0.2) is 0 Å². The summed E-state index contributed by atoms with van der Waals surface area (Å²) in [7, 11) is 0. The number of imidazole rings is 1. The highest BCUT2D eigenvalue weighted by Gasteiger charge is 2.10. The van der Waals surface area contributed by atoms with Gasteiger partial charge in [0.05, 0.1) is 5.69 Å². The molecule has 0 radical (unpaired) electrons. The molecule has 2 aromatic heterocycles. The van der Waals surface area contributed by atoms with Gasteiger partial charge in [-0.25, -0.2) is 4.98 Å². The monoisotopic (exact) mass is 365 g/mol. The molecule has 0 saturated heterocycles. The summed E-state index contributed by atoms with van der Waals surface area (Å²) in [5, 5.41) is 0. The lowest BCUT2D eigenvalue weighted by Crippen LogP contribution is -2.19. The number of para-hydroxylation sites is 1. The van der Waals surface area contributed by atoms with Crippen LogP contribution in [0.4, 0.5) is 0 Å². The smallest absolute Gasteiger partial charge is 0.298 e. The molecule has 0 aliphatic rings. The Morgan fingerprint density at radius 3 is 2.39 bits per heavy atom. The van der Waals surface area contributed by atoms with Gasteiger partial charge in [-0.1, -0.05) is 46.3 Å². The fourth-order valence-corrected chi connectivity index (χ4v) is 2.80. The quantitative estimate of drug-likeness (QED) is 0.540. The molecule has 2 aromatic carbocycles. The van der Waals surface area contributed by atoms with Crippen LogP contribution in [0.15, 0.2) is 82.5 Å². The lowest BCUT2D eigenvalue weighted by Gasteiger charge is -2.04. The molecular formula is C18H12BrN3O. The molecule has 0 aliphatic heterocycles. The van der Waals surface area contributed by atoms with Crippen molar-refractivity contribution < 1.29 is 0 Å². The summed E-state index contributed by atoms with van der Waals surface area (Å²) in [6.07, 6.45) is 5.48. The van der Waals surface area contributed by atoms with Crippen molar-refractivity contribution >= 4 is 21.6 Å². The molecule has 0 fully saturated rings. The minimum Gasteiger partial charge on any atom is -0.300 e. The van der Waals surface area contributed by atoms with Gasteiger partial charge in [0.25, 0.3) is 5.56 Å². The lowest BCUT2D eigenvalue weighted by molar-refractivity contribution is 0.950. The van der Waals surface area contributed by atoms with Crippen molar-refractivity contribution in [1.29, 1.82) is 0 Å². The molecule has 0 amide bonds. The van der Waals surface area contributed by atoms with Gasteiger partial charge in [0.1, 0.15) is 0 Å². The molecule has 0 aliphatic carbocycles. The average Bonchev–Trinajstić information content (AvgIpc) is 3.02. The summed E-state index contributed by atoms with van der Waals surface area (Å²) >= 11 is 3.42. The molecule has 23 heavy (non-hydrogen) atoms. The summed E-state index contributed by atoms with van der Waals surface area (Å²) in [4.78, 5) is 17.2. The Balaban J connectivity index is 1.88. The molecule has 0 bridgehead atoms. The Bertz CT molecular complexity index is 1030. The zero-order valence-corrected chi connectivity index (χ0v) is 13.6. The number of hydrogen-bond donors (Lipinski definition) is 0. The number of halogens is 1. The Morgan fingerprint density at radius 1 is 0.913 bits per heavy atom. The number of nitrogens with zero attached hydrogens (tertiary/aromatic N) is 3. The fourth-order valence-electron chi connectivity index (χ4n) is 2.53. The predicted octanol–water partition coefficient (Wildman–Crippen LogP) is 3.91. The van der Waals surface area contributed by atoms with Crippen LogP contribution in [0, 0.1) is 0 Å². The average molecular weight is 366 g/mol. The molecular weight excluding hydrogens is 354 g/mol. The topological polar surface area (TPSA) is 39.3 Å². The maximum absolute atomic E-state index is 12.7. The van der Waals surface area contributed by atoms with Crippen LogP contribution in [0.25, 0.3) is 22.6 Å². The van der Waals surface area contributed by atoms with Gasteiger partial charge < -0.3 is 4.40 Å². The summed E-state index contributed by atoms with van der Waals surface area (Å²) < 4.78 is 4.38. The number of rotatable bonds is 2. The second-order valence-corrected chi connectivity index (χ2v) is 6.09. The Kier molecular flexibility index (Phi) is 3.35. The van der Waals surface area contributed by atoms with Crippen LogP contribution in [0.3, 0.4) is 0 Å². The predicted molar refractivity (Wildman–Crippen MR) is 93.9 cm³/mol. The van der Waals surface area contributed by atoms with E-state index in [9.17, 15) is 4.79 Å². The van der Waals surface area contributed by atoms with Gasteiger partial charge in [-0.05, 0) is 24.3 Å². The van der Waals surface area contributed by atoms with Crippen molar-refractivity contribution in [3.8, 4) is 16.9 Å². The van der Waals surface area contributed by atoms with Crippen LogP contribution in [0.2, 0.25) is 0 Å². The van der Waals surface area contributed by atoms with Gasteiger partial charge in [0.2, 0.25) is 5.65 Å². The highest BCUT2D eigenvalue weighted by molar-refractivity contribution is 9.10. The summed E-state index contributed by atoms with van der Waals surface area (Å²) in [5.41, 5.74) is 2.85. The van der Waals surface area contributed by atoms with Crippen molar-refractivity contribution in [3.63, 3.8) is 0 Å². The molecule has 4 rings (SSSR count). The number of hydrogen-bond acceptors (Lipinski definition) is 2. The third kappa shape index (κ3) is 2.49. The second-order valence-electron chi connectivity index (χ2n) is 5.17. The van der Waals surface area contributed by atoms with Crippen LogP contribution in [0.5, 0.6) is 0 Å². The van der Waals surface area contributed by atoms with Crippen LogP contribution in [-0.4, -0.2) is 14.0 Å². The van der Waals surface area contributed by atoms with Crippen LogP contribution < -0.4 is 5.56 Å². The molecule has 0 spiro atoms. The minimum absolute atomic E-state index is 0.137. The summed E-state index contributed by atoms with van der Waals surface area (Å²) in [6, 6.07) is 17.4. The zero-order chi connectivity index (χ0) is 15.8. The molecule has 4 nitrogen and oxygen atoms in total. The van der Waals surface area contributed by atoms with Crippen molar-refractivity contribution in [2.45, 2.75) is 0 Å². The molecule has 0 saturated carbocycles. The Morgan fingerprint density at radius 2 is 1.65 bits per heavy atom. The maximum Gasteiger partial charge on any atom is 0.298 e. The Hall–Kier alpha value is -2.66. The highest BCUT2D eigenvalue weighted by atomic mass is 79.9. The van der Waals surface area contributed by atoms with Gasteiger partial charge in [0, 0.05) is 34.3 Å². The third-order valence-electron chi connectivity index (χ3n) is 3.69. The van der Waals surface area contributed by atoms with Crippen molar-refractivity contribution in [2.24, 2.45) is 0 Å². The van der Waals surface area contributed by atoms with Crippen LogP contribution in [-0.2, 0) is 0 Å². The van der Waals surface area contributed by atoms with E-state index in [2.05, 4.69) is 20.9 Å². The van der Waals surface area contributed by atoms with Crippen molar-refractivity contribution in [1.82, 2.24) is 14.0 Å². The fraction of sp³-hybridized carbons (Fsp3) is 0. The lowest BCUT2D eigenvalue weighted by atomic mass is 10.2. The Labute approximate surface area is 140 Å². The van der Waals surface area contributed by atoms with E-state index in [0.29, 0.717) is 5.65 Å². The van der Waals surface area contributed by atoms with E-state index >= 15 is 0 Å². The van der Waals surface area contributed by atoms with E-state index in [-0.39, 0.29) is 5.56 Å². The first kappa shape index (κ1) is 14.0.